The summed E-state index contributed by atoms with van der Waals surface area (Å²) >= 11 is 6.05. The maximum atomic E-state index is 13.1. The van der Waals surface area contributed by atoms with Crippen LogP contribution in [0.25, 0.3) is 0 Å². The topological polar surface area (TPSA) is 77.3 Å². The Balaban J connectivity index is 1.98. The molecule has 0 amide bonds. The second kappa shape index (κ2) is 6.70. The Morgan fingerprint density at radius 1 is 1.33 bits per heavy atom. The molecule has 1 saturated heterocycles. The van der Waals surface area contributed by atoms with Crippen molar-refractivity contribution < 1.29 is 13.2 Å². The van der Waals surface area contributed by atoms with Crippen LogP contribution >= 0.6 is 11.6 Å². The molecule has 0 N–H and O–H groups in total. The highest BCUT2D eigenvalue weighted by atomic mass is 35.5. The molecule has 0 radical (unpaired) electrons. The van der Waals surface area contributed by atoms with Crippen LogP contribution in [0.1, 0.15) is 30.9 Å². The monoisotopic (exact) mass is 370 g/mol. The third-order valence-corrected chi connectivity index (χ3v) is 6.29. The number of nitrogens with zero attached hydrogens (tertiary/aromatic N) is 4. The van der Waals surface area contributed by atoms with Crippen LogP contribution in [0.2, 0.25) is 5.02 Å². The van der Waals surface area contributed by atoms with E-state index in [9.17, 15) is 8.42 Å². The number of hydrogen-bond acceptors (Lipinski definition) is 5. The Morgan fingerprint density at radius 3 is 2.75 bits per heavy atom. The van der Waals surface area contributed by atoms with E-state index < -0.39 is 10.0 Å². The van der Waals surface area contributed by atoms with Gasteiger partial charge in [0.2, 0.25) is 15.9 Å². The number of hydrogen-bond donors (Lipinski definition) is 0. The molecule has 0 aromatic carbocycles. The molecule has 2 aromatic rings. The molecular weight excluding hydrogens is 352 g/mol. The van der Waals surface area contributed by atoms with Crippen LogP contribution in [0.5, 0.6) is 5.88 Å². The van der Waals surface area contributed by atoms with Gasteiger partial charge in [-0.05, 0) is 18.9 Å². The van der Waals surface area contributed by atoms with Crippen LogP contribution in [0.4, 0.5) is 0 Å². The quantitative estimate of drug-likeness (QED) is 0.825. The number of ether oxygens (including phenoxy) is 1. The van der Waals surface area contributed by atoms with Crippen LogP contribution in [-0.2, 0) is 17.1 Å². The Hall–Kier alpha value is -1.64. The molecule has 7 nitrogen and oxygen atoms in total. The first kappa shape index (κ1) is 17.2. The lowest BCUT2D eigenvalue weighted by Gasteiger charge is -2.34. The molecule has 130 valence electrons. The summed E-state index contributed by atoms with van der Waals surface area (Å²) in [5, 5.41) is 4.34. The van der Waals surface area contributed by atoms with Crippen molar-refractivity contribution in [3.63, 3.8) is 0 Å². The minimum Gasteiger partial charge on any atom is -0.480 e. The van der Waals surface area contributed by atoms with Gasteiger partial charge in [0.05, 0.1) is 25.5 Å². The van der Waals surface area contributed by atoms with E-state index in [1.165, 1.54) is 23.7 Å². The van der Waals surface area contributed by atoms with Crippen molar-refractivity contribution in [2.24, 2.45) is 7.05 Å². The van der Waals surface area contributed by atoms with Crippen molar-refractivity contribution in [3.05, 3.63) is 35.2 Å². The lowest BCUT2D eigenvalue weighted by molar-refractivity contribution is 0.256. The van der Waals surface area contributed by atoms with E-state index in [2.05, 4.69) is 10.1 Å². The SMILES string of the molecule is COc1ncc(S(=O)(=O)N2CCCCC2c2cnn(C)c2)cc1Cl. The van der Waals surface area contributed by atoms with Crippen LogP contribution < -0.4 is 4.74 Å². The van der Waals surface area contributed by atoms with E-state index in [4.69, 9.17) is 16.3 Å². The van der Waals surface area contributed by atoms with Gasteiger partial charge in [0.1, 0.15) is 9.92 Å². The molecular formula is C15H19ClN4O3S. The molecule has 9 heteroatoms. The number of rotatable bonds is 4. The normalized spacial score (nSPS) is 19.4. The summed E-state index contributed by atoms with van der Waals surface area (Å²) in [4.78, 5) is 4.06. The fourth-order valence-corrected chi connectivity index (χ4v) is 4.94. The van der Waals surface area contributed by atoms with Gasteiger partial charge in [0.25, 0.3) is 0 Å². The van der Waals surface area contributed by atoms with Gasteiger partial charge in [0, 0.05) is 25.4 Å². The average molecular weight is 371 g/mol. The van der Waals surface area contributed by atoms with E-state index >= 15 is 0 Å². The van der Waals surface area contributed by atoms with Crippen LogP contribution in [-0.4, -0.2) is 41.1 Å². The molecule has 2 aromatic heterocycles. The summed E-state index contributed by atoms with van der Waals surface area (Å²) in [5.74, 6) is 0.207. The summed E-state index contributed by atoms with van der Waals surface area (Å²) in [6.45, 7) is 0.464. The zero-order valence-corrected chi connectivity index (χ0v) is 15.1. The molecule has 1 atom stereocenters. The summed E-state index contributed by atoms with van der Waals surface area (Å²) in [6, 6.07) is 1.16. The number of sulfonamides is 1. The Kier molecular flexibility index (Phi) is 4.80. The third-order valence-electron chi connectivity index (χ3n) is 4.15. The predicted molar refractivity (Wildman–Crippen MR) is 89.5 cm³/mol. The average Bonchev–Trinajstić information content (AvgIpc) is 3.01. The minimum atomic E-state index is -3.70. The molecule has 1 aliphatic rings. The van der Waals surface area contributed by atoms with Gasteiger partial charge in [0.15, 0.2) is 0 Å². The smallest absolute Gasteiger partial charge is 0.245 e. The summed E-state index contributed by atoms with van der Waals surface area (Å²) < 4.78 is 34.4. The predicted octanol–water partition coefficient (Wildman–Crippen LogP) is 2.39. The second-order valence-corrected chi connectivity index (χ2v) is 8.03. The van der Waals surface area contributed by atoms with Crippen molar-refractivity contribution in [3.8, 4) is 5.88 Å². The number of aromatic nitrogens is 3. The van der Waals surface area contributed by atoms with Gasteiger partial charge < -0.3 is 4.74 Å². The highest BCUT2D eigenvalue weighted by molar-refractivity contribution is 7.89. The molecule has 3 heterocycles. The molecule has 24 heavy (non-hydrogen) atoms. The van der Waals surface area contributed by atoms with E-state index in [-0.39, 0.29) is 21.8 Å². The first-order valence-corrected chi connectivity index (χ1v) is 9.45. The van der Waals surface area contributed by atoms with Gasteiger partial charge >= 0.3 is 0 Å². The van der Waals surface area contributed by atoms with E-state index in [1.807, 2.05) is 13.2 Å². The first-order chi connectivity index (χ1) is 11.4. The highest BCUT2D eigenvalue weighted by Gasteiger charge is 2.35. The molecule has 3 rings (SSSR count). The lowest BCUT2D eigenvalue weighted by Crippen LogP contribution is -2.38. The van der Waals surface area contributed by atoms with Crippen molar-refractivity contribution in [1.29, 1.82) is 0 Å². The molecule has 1 aliphatic heterocycles. The fraction of sp³-hybridized carbons (Fsp3) is 0.467. The lowest BCUT2D eigenvalue weighted by atomic mass is 10.0. The van der Waals surface area contributed by atoms with Crippen LogP contribution in [0, 0.1) is 0 Å². The Bertz CT molecular complexity index is 837. The summed E-state index contributed by atoms with van der Waals surface area (Å²) in [6.07, 6.45) is 7.44. The standard InChI is InChI=1S/C15H19ClN4O3S/c1-19-10-11(8-18-19)14-5-3-4-6-20(14)24(21,22)12-7-13(16)15(23-2)17-9-12/h7-10,14H,3-6H2,1-2H3. The van der Waals surface area contributed by atoms with Gasteiger partial charge in [-0.15, -0.1) is 0 Å². The van der Waals surface area contributed by atoms with Crippen LogP contribution in [0.3, 0.4) is 0 Å². The maximum Gasteiger partial charge on any atom is 0.245 e. The van der Waals surface area contributed by atoms with Gasteiger partial charge in [-0.2, -0.15) is 9.40 Å². The van der Waals surface area contributed by atoms with Gasteiger partial charge in [-0.3, -0.25) is 4.68 Å². The molecule has 0 spiro atoms. The molecule has 1 fully saturated rings. The van der Waals surface area contributed by atoms with E-state index in [0.29, 0.717) is 6.54 Å². The van der Waals surface area contributed by atoms with Crippen molar-refractivity contribution in [2.75, 3.05) is 13.7 Å². The molecule has 1 unspecified atom stereocenters. The largest absolute Gasteiger partial charge is 0.480 e. The van der Waals surface area contributed by atoms with E-state index in [0.717, 1.165) is 24.8 Å². The first-order valence-electron chi connectivity index (χ1n) is 7.63. The fourth-order valence-electron chi connectivity index (χ4n) is 2.97. The number of aryl methyl sites for hydroxylation is 1. The van der Waals surface area contributed by atoms with E-state index in [1.54, 1.807) is 10.9 Å². The van der Waals surface area contributed by atoms with Crippen molar-refractivity contribution >= 4 is 21.6 Å². The third kappa shape index (κ3) is 3.13. The van der Waals surface area contributed by atoms with Gasteiger partial charge in [-0.1, -0.05) is 18.0 Å². The molecule has 0 aliphatic carbocycles. The zero-order valence-electron chi connectivity index (χ0n) is 13.5. The summed E-state index contributed by atoms with van der Waals surface area (Å²) in [7, 11) is -0.450. The van der Waals surface area contributed by atoms with Crippen molar-refractivity contribution in [2.45, 2.75) is 30.2 Å². The van der Waals surface area contributed by atoms with Gasteiger partial charge in [-0.25, -0.2) is 13.4 Å². The summed E-state index contributed by atoms with van der Waals surface area (Å²) in [5.41, 5.74) is 0.897. The maximum absolute atomic E-state index is 13.1. The molecule has 0 bridgehead atoms. The zero-order chi connectivity index (χ0) is 17.3. The van der Waals surface area contributed by atoms with Crippen LogP contribution in [0.15, 0.2) is 29.6 Å². The highest BCUT2D eigenvalue weighted by Crippen LogP contribution is 2.36. The minimum absolute atomic E-state index is 0.0732. The Labute approximate surface area is 146 Å². The second-order valence-electron chi connectivity index (χ2n) is 5.74. The number of halogens is 1. The number of methoxy groups -OCH3 is 1. The molecule has 0 saturated carbocycles. The Morgan fingerprint density at radius 2 is 2.12 bits per heavy atom. The number of piperidine rings is 1. The number of pyridine rings is 1. The van der Waals surface area contributed by atoms with Crippen molar-refractivity contribution in [1.82, 2.24) is 19.1 Å².